The van der Waals surface area contributed by atoms with Gasteiger partial charge in [-0.3, -0.25) is 0 Å². The summed E-state index contributed by atoms with van der Waals surface area (Å²) >= 11 is 0. The molecule has 1 atom stereocenters. The van der Waals surface area contributed by atoms with Gasteiger partial charge < -0.3 is 18.9 Å². The van der Waals surface area contributed by atoms with Gasteiger partial charge >= 0.3 is 0 Å². The molecule has 0 aromatic heterocycles. The highest BCUT2D eigenvalue weighted by Gasteiger charge is 2.13. The van der Waals surface area contributed by atoms with Gasteiger partial charge in [-0.1, -0.05) is 30.3 Å². The van der Waals surface area contributed by atoms with Crippen LogP contribution in [0, 0.1) is 0 Å². The fourth-order valence-electron chi connectivity index (χ4n) is 2.55. The molecule has 2 aromatic carbocycles. The van der Waals surface area contributed by atoms with Crippen LogP contribution in [0.25, 0.3) is 0 Å². The minimum atomic E-state index is -0.0592. The predicted octanol–water partition coefficient (Wildman–Crippen LogP) is 4.19. The van der Waals surface area contributed by atoms with Gasteiger partial charge in [0.15, 0.2) is 6.29 Å². The molecule has 3 rings (SSSR count). The second kappa shape index (κ2) is 9.30. The Morgan fingerprint density at radius 2 is 1.58 bits per heavy atom. The lowest BCUT2D eigenvalue weighted by Crippen LogP contribution is -2.24. The van der Waals surface area contributed by atoms with Crippen LogP contribution in [0.15, 0.2) is 54.6 Å². The molecule has 1 saturated heterocycles. The molecule has 1 aliphatic rings. The fraction of sp³-hybridized carbons (Fsp3) is 0.400. The van der Waals surface area contributed by atoms with Crippen LogP contribution >= 0.6 is 0 Å². The van der Waals surface area contributed by atoms with Gasteiger partial charge in [-0.15, -0.1) is 0 Å². The smallest absolute Gasteiger partial charge is 0.157 e. The molecule has 0 saturated carbocycles. The molecule has 128 valence electrons. The topological polar surface area (TPSA) is 36.9 Å². The van der Waals surface area contributed by atoms with Crippen molar-refractivity contribution in [3.05, 3.63) is 60.2 Å². The van der Waals surface area contributed by atoms with E-state index in [1.807, 2.05) is 54.6 Å². The highest BCUT2D eigenvalue weighted by atomic mass is 16.7. The normalized spacial score (nSPS) is 17.4. The van der Waals surface area contributed by atoms with Crippen molar-refractivity contribution in [2.45, 2.75) is 32.2 Å². The van der Waals surface area contributed by atoms with E-state index in [1.54, 1.807) is 0 Å². The van der Waals surface area contributed by atoms with Crippen molar-refractivity contribution in [3.8, 4) is 11.5 Å². The SMILES string of the molecule is c1ccc(COc2ccc(OCCOC3CCCCO3)cc2)cc1. The van der Waals surface area contributed by atoms with E-state index in [0.29, 0.717) is 19.8 Å². The van der Waals surface area contributed by atoms with Crippen LogP contribution in [0.2, 0.25) is 0 Å². The van der Waals surface area contributed by atoms with Gasteiger partial charge in [0.2, 0.25) is 0 Å². The van der Waals surface area contributed by atoms with E-state index in [9.17, 15) is 0 Å². The van der Waals surface area contributed by atoms with Crippen molar-refractivity contribution in [3.63, 3.8) is 0 Å². The number of hydrogen-bond donors (Lipinski definition) is 0. The van der Waals surface area contributed by atoms with Crippen LogP contribution in [-0.4, -0.2) is 26.1 Å². The molecular formula is C20H24O4. The first-order chi connectivity index (χ1) is 11.9. The first-order valence-electron chi connectivity index (χ1n) is 8.53. The van der Waals surface area contributed by atoms with Crippen molar-refractivity contribution in [1.82, 2.24) is 0 Å². The first kappa shape index (κ1) is 16.8. The molecule has 4 heteroatoms. The highest BCUT2D eigenvalue weighted by Crippen LogP contribution is 2.19. The van der Waals surface area contributed by atoms with Gasteiger partial charge in [-0.25, -0.2) is 0 Å². The molecule has 24 heavy (non-hydrogen) atoms. The molecule has 0 spiro atoms. The van der Waals surface area contributed by atoms with E-state index in [1.165, 1.54) is 6.42 Å². The van der Waals surface area contributed by atoms with Crippen molar-refractivity contribution in [2.24, 2.45) is 0 Å². The third kappa shape index (κ3) is 5.55. The van der Waals surface area contributed by atoms with Crippen LogP contribution in [0.3, 0.4) is 0 Å². The molecule has 0 bridgehead atoms. The number of benzene rings is 2. The first-order valence-corrected chi connectivity index (χ1v) is 8.53. The molecule has 0 aliphatic carbocycles. The summed E-state index contributed by atoms with van der Waals surface area (Å²) in [5, 5.41) is 0. The molecule has 0 radical (unpaired) electrons. The molecule has 1 aliphatic heterocycles. The van der Waals surface area contributed by atoms with Gasteiger partial charge in [0.05, 0.1) is 6.61 Å². The average Bonchev–Trinajstić information content (AvgIpc) is 2.66. The van der Waals surface area contributed by atoms with Crippen LogP contribution in [0.1, 0.15) is 24.8 Å². The van der Waals surface area contributed by atoms with E-state index >= 15 is 0 Å². The van der Waals surface area contributed by atoms with Crippen molar-refractivity contribution in [2.75, 3.05) is 19.8 Å². The largest absolute Gasteiger partial charge is 0.491 e. The summed E-state index contributed by atoms with van der Waals surface area (Å²) in [7, 11) is 0. The minimum Gasteiger partial charge on any atom is -0.491 e. The summed E-state index contributed by atoms with van der Waals surface area (Å²) < 4.78 is 22.6. The van der Waals surface area contributed by atoms with Gasteiger partial charge in [0, 0.05) is 6.61 Å². The lowest BCUT2D eigenvalue weighted by Gasteiger charge is -2.22. The molecule has 0 amide bonds. The number of ether oxygens (including phenoxy) is 4. The van der Waals surface area contributed by atoms with Crippen molar-refractivity contribution >= 4 is 0 Å². The monoisotopic (exact) mass is 328 g/mol. The summed E-state index contributed by atoms with van der Waals surface area (Å²) in [5.41, 5.74) is 1.15. The third-order valence-electron chi connectivity index (χ3n) is 3.87. The van der Waals surface area contributed by atoms with E-state index in [2.05, 4.69) is 0 Å². The van der Waals surface area contributed by atoms with Crippen LogP contribution in [0.5, 0.6) is 11.5 Å². The van der Waals surface area contributed by atoms with Gasteiger partial charge in [-0.05, 0) is 49.1 Å². The van der Waals surface area contributed by atoms with Gasteiger partial charge in [0.1, 0.15) is 24.7 Å². The summed E-state index contributed by atoms with van der Waals surface area (Å²) in [6.45, 7) is 2.42. The Morgan fingerprint density at radius 3 is 2.29 bits per heavy atom. The lowest BCUT2D eigenvalue weighted by molar-refractivity contribution is -0.165. The number of hydrogen-bond acceptors (Lipinski definition) is 4. The highest BCUT2D eigenvalue weighted by molar-refractivity contribution is 5.31. The second-order valence-electron chi connectivity index (χ2n) is 5.76. The van der Waals surface area contributed by atoms with Crippen LogP contribution in [-0.2, 0) is 16.1 Å². The second-order valence-corrected chi connectivity index (χ2v) is 5.76. The Labute approximate surface area is 143 Å². The molecule has 2 aromatic rings. The molecule has 1 heterocycles. The maximum Gasteiger partial charge on any atom is 0.157 e. The molecule has 0 N–H and O–H groups in total. The van der Waals surface area contributed by atoms with Gasteiger partial charge in [-0.2, -0.15) is 0 Å². The summed E-state index contributed by atoms with van der Waals surface area (Å²) in [6, 6.07) is 17.8. The van der Waals surface area contributed by atoms with E-state index in [0.717, 1.165) is 36.5 Å². The Morgan fingerprint density at radius 1 is 0.833 bits per heavy atom. The minimum absolute atomic E-state index is 0.0592. The lowest BCUT2D eigenvalue weighted by atomic mass is 10.2. The summed E-state index contributed by atoms with van der Waals surface area (Å²) in [6.07, 6.45) is 3.23. The maximum absolute atomic E-state index is 5.76. The third-order valence-corrected chi connectivity index (χ3v) is 3.87. The standard InChI is InChI=1S/C20H24O4/c1-2-6-17(7-3-1)16-24-19-11-9-18(10-12-19)21-14-15-23-20-8-4-5-13-22-20/h1-3,6-7,9-12,20H,4-5,8,13-16H2. The Hall–Kier alpha value is -2.04. The molecular weight excluding hydrogens is 304 g/mol. The predicted molar refractivity (Wildman–Crippen MR) is 92.3 cm³/mol. The van der Waals surface area contributed by atoms with E-state index in [4.69, 9.17) is 18.9 Å². The van der Waals surface area contributed by atoms with Crippen LogP contribution < -0.4 is 9.47 Å². The zero-order valence-corrected chi connectivity index (χ0v) is 13.9. The zero-order chi connectivity index (χ0) is 16.5. The Bertz CT molecular complexity index is 576. The Balaban J connectivity index is 1.35. The summed E-state index contributed by atoms with van der Waals surface area (Å²) in [5.74, 6) is 1.65. The zero-order valence-electron chi connectivity index (χ0n) is 13.9. The van der Waals surface area contributed by atoms with Gasteiger partial charge in [0.25, 0.3) is 0 Å². The average molecular weight is 328 g/mol. The van der Waals surface area contributed by atoms with Crippen molar-refractivity contribution in [1.29, 1.82) is 0 Å². The quantitative estimate of drug-likeness (QED) is 0.681. The van der Waals surface area contributed by atoms with Crippen LogP contribution in [0.4, 0.5) is 0 Å². The van der Waals surface area contributed by atoms with E-state index < -0.39 is 0 Å². The fourth-order valence-corrected chi connectivity index (χ4v) is 2.55. The van der Waals surface area contributed by atoms with Crippen molar-refractivity contribution < 1.29 is 18.9 Å². The molecule has 1 unspecified atom stereocenters. The summed E-state index contributed by atoms with van der Waals surface area (Å²) in [4.78, 5) is 0. The van der Waals surface area contributed by atoms with E-state index in [-0.39, 0.29) is 6.29 Å². The maximum atomic E-state index is 5.76. The molecule has 1 fully saturated rings. The number of rotatable bonds is 8. The molecule has 4 nitrogen and oxygen atoms in total. The Kier molecular flexibility index (Phi) is 6.51.